The predicted molar refractivity (Wildman–Crippen MR) is 145 cm³/mol. The number of allylic oxidation sites excluding steroid dienone is 4. The van der Waals surface area contributed by atoms with Gasteiger partial charge in [0, 0.05) is 35.3 Å². The number of methoxy groups -OCH3 is 1. The number of aliphatic hydroxyl groups is 2. The molecule has 5 aliphatic rings. The summed E-state index contributed by atoms with van der Waals surface area (Å²) < 4.78 is 5.28. The summed E-state index contributed by atoms with van der Waals surface area (Å²) in [7, 11) is 1.64. The molecule has 39 heavy (non-hydrogen) atoms. The summed E-state index contributed by atoms with van der Waals surface area (Å²) in [6, 6.07) is 7.82. The van der Waals surface area contributed by atoms with Crippen LogP contribution >= 0.6 is 0 Å². The Morgan fingerprint density at radius 3 is 2.54 bits per heavy atom. The highest BCUT2D eigenvalue weighted by Gasteiger charge is 2.77. The molecule has 1 aromatic carbocycles. The Hall–Kier alpha value is -2.32. The molecule has 210 valence electrons. The molecule has 0 bridgehead atoms. The molecule has 7 nitrogen and oxygen atoms in total. The van der Waals surface area contributed by atoms with Crippen LogP contribution < -0.4 is 4.74 Å². The second-order valence-electron chi connectivity index (χ2n) is 13.3. The lowest BCUT2D eigenvalue weighted by Gasteiger charge is -2.66. The van der Waals surface area contributed by atoms with Gasteiger partial charge in [0.1, 0.15) is 12.4 Å². The van der Waals surface area contributed by atoms with Crippen LogP contribution in [0.5, 0.6) is 5.75 Å². The number of ether oxygens (including phenoxy) is 1. The van der Waals surface area contributed by atoms with E-state index in [0.29, 0.717) is 19.5 Å². The molecule has 1 heterocycles. The Morgan fingerprint density at radius 2 is 1.87 bits per heavy atom. The molecule has 0 unspecified atom stereocenters. The summed E-state index contributed by atoms with van der Waals surface area (Å²) in [5.41, 5.74) is -0.597. The number of carbonyl (C=O) groups excluding carboxylic acids is 2. The Labute approximate surface area is 230 Å². The number of benzene rings is 1. The predicted octanol–water partition coefficient (Wildman–Crippen LogP) is 3.88. The van der Waals surface area contributed by atoms with Crippen LogP contribution in [0.25, 0.3) is 0 Å². The molecule has 1 saturated heterocycles. The first kappa shape index (κ1) is 26.9. The monoisotopic (exact) mass is 535 g/mol. The zero-order valence-electron chi connectivity index (χ0n) is 23.6. The number of rotatable bonds is 5. The van der Waals surface area contributed by atoms with Gasteiger partial charge in [-0.25, -0.2) is 0 Å². The average molecular weight is 536 g/mol. The van der Waals surface area contributed by atoms with Crippen LogP contribution in [0.1, 0.15) is 52.5 Å². The fourth-order valence-electron chi connectivity index (χ4n) is 9.77. The van der Waals surface area contributed by atoms with Crippen LogP contribution in [0, 0.1) is 39.9 Å². The van der Waals surface area contributed by atoms with Gasteiger partial charge < -0.3 is 14.9 Å². The highest BCUT2D eigenvalue weighted by atomic mass is 16.7. The Morgan fingerprint density at radius 1 is 1.15 bits per heavy atom. The fourth-order valence-corrected chi connectivity index (χ4v) is 9.77. The number of nitrogens with zero attached hydrogens (tertiary/aromatic N) is 1. The molecule has 9 atom stereocenters. The van der Waals surface area contributed by atoms with E-state index < -0.39 is 34.6 Å². The quantitative estimate of drug-likeness (QED) is 0.591. The van der Waals surface area contributed by atoms with E-state index in [1.54, 1.807) is 19.3 Å². The van der Waals surface area contributed by atoms with Crippen LogP contribution in [-0.4, -0.2) is 58.8 Å². The summed E-state index contributed by atoms with van der Waals surface area (Å²) in [6.07, 6.45) is 6.82. The van der Waals surface area contributed by atoms with E-state index in [1.165, 1.54) is 0 Å². The van der Waals surface area contributed by atoms with Gasteiger partial charge >= 0.3 is 0 Å². The highest BCUT2D eigenvalue weighted by molar-refractivity contribution is 6.01. The summed E-state index contributed by atoms with van der Waals surface area (Å²) in [5, 5.41) is 24.2. The van der Waals surface area contributed by atoms with Crippen molar-refractivity contribution < 1.29 is 29.4 Å². The van der Waals surface area contributed by atoms with Crippen molar-refractivity contribution in [1.29, 1.82) is 0 Å². The topological polar surface area (TPSA) is 96.3 Å². The van der Waals surface area contributed by atoms with Gasteiger partial charge in [-0.15, -0.1) is 0 Å². The number of aliphatic hydroxyl groups excluding tert-OH is 2. The maximum atomic E-state index is 13.7. The Bertz CT molecular complexity index is 1260. The smallest absolute Gasteiger partial charge is 0.192 e. The van der Waals surface area contributed by atoms with E-state index >= 15 is 0 Å². The van der Waals surface area contributed by atoms with Crippen LogP contribution in [-0.2, 0) is 21.0 Å². The van der Waals surface area contributed by atoms with E-state index in [0.717, 1.165) is 29.7 Å². The Balaban J connectivity index is 1.37. The number of hydrogen-bond donors (Lipinski definition) is 2. The van der Waals surface area contributed by atoms with Crippen LogP contribution in [0.15, 0.2) is 48.1 Å². The minimum atomic E-state index is -1.18. The number of Topliss-reactive ketones (excluding diaryl/α,β-unsaturated/α-hetero) is 1. The second kappa shape index (κ2) is 8.84. The molecule has 7 heteroatoms. The van der Waals surface area contributed by atoms with E-state index in [4.69, 9.17) is 9.57 Å². The highest BCUT2D eigenvalue weighted by Crippen LogP contribution is 2.74. The fraction of sp³-hybridized carbons (Fsp3) is 0.625. The van der Waals surface area contributed by atoms with Crippen LogP contribution in [0.3, 0.4) is 0 Å². The van der Waals surface area contributed by atoms with E-state index in [2.05, 4.69) is 27.7 Å². The van der Waals surface area contributed by atoms with E-state index in [1.807, 2.05) is 35.4 Å². The van der Waals surface area contributed by atoms with Crippen molar-refractivity contribution >= 4 is 11.6 Å². The molecule has 0 aromatic heterocycles. The molecular weight excluding hydrogens is 494 g/mol. The first-order valence-electron chi connectivity index (χ1n) is 14.3. The third-order valence-corrected chi connectivity index (χ3v) is 11.9. The molecule has 4 fully saturated rings. The molecule has 1 aromatic rings. The molecule has 0 radical (unpaired) electrons. The van der Waals surface area contributed by atoms with Crippen molar-refractivity contribution in [3.63, 3.8) is 0 Å². The number of hydroxylamine groups is 2. The molecule has 4 aliphatic carbocycles. The van der Waals surface area contributed by atoms with Crippen LogP contribution in [0.2, 0.25) is 0 Å². The maximum absolute atomic E-state index is 13.7. The zero-order chi connectivity index (χ0) is 28.0. The summed E-state index contributed by atoms with van der Waals surface area (Å²) in [5.74, 6) is 0.891. The minimum absolute atomic E-state index is 0.0137. The van der Waals surface area contributed by atoms with Crippen LogP contribution in [0.4, 0.5) is 0 Å². The number of fused-ring (bicyclic) bond motifs is 7. The summed E-state index contributed by atoms with van der Waals surface area (Å²) in [6.45, 7) is 9.19. The average Bonchev–Trinajstić information content (AvgIpc) is 3.39. The number of hydrogen-bond acceptors (Lipinski definition) is 7. The molecular formula is C32H41NO6. The van der Waals surface area contributed by atoms with Crippen molar-refractivity contribution in [3.05, 3.63) is 53.6 Å². The lowest BCUT2D eigenvalue weighted by atomic mass is 9.38. The van der Waals surface area contributed by atoms with Crippen molar-refractivity contribution in [3.8, 4) is 5.75 Å². The molecule has 0 amide bonds. The van der Waals surface area contributed by atoms with Crippen molar-refractivity contribution in [2.75, 3.05) is 20.3 Å². The molecule has 6 rings (SSSR count). The van der Waals surface area contributed by atoms with Gasteiger partial charge in [-0.3, -0.25) is 14.4 Å². The second-order valence-corrected chi connectivity index (χ2v) is 13.3. The van der Waals surface area contributed by atoms with Crippen molar-refractivity contribution in [1.82, 2.24) is 5.06 Å². The minimum Gasteiger partial charge on any atom is -0.497 e. The summed E-state index contributed by atoms with van der Waals surface area (Å²) >= 11 is 0. The van der Waals surface area contributed by atoms with Crippen molar-refractivity contribution in [2.45, 2.75) is 65.2 Å². The van der Waals surface area contributed by atoms with E-state index in [-0.39, 0.29) is 35.2 Å². The zero-order valence-corrected chi connectivity index (χ0v) is 23.6. The molecule has 1 aliphatic heterocycles. The molecule has 2 N–H and O–H groups in total. The first-order valence-corrected chi connectivity index (χ1v) is 14.3. The summed E-state index contributed by atoms with van der Waals surface area (Å²) in [4.78, 5) is 32.8. The van der Waals surface area contributed by atoms with E-state index in [9.17, 15) is 19.8 Å². The molecule has 0 spiro atoms. The molecule has 3 saturated carbocycles. The van der Waals surface area contributed by atoms with Gasteiger partial charge in [0.15, 0.2) is 17.2 Å². The standard InChI is InChI=1S/C32H41NO6/c1-19-12-26-25-13-21-17-33(16-20-6-8-23(38-5)9-7-20)39-32(21,28(37)18-34)30(25,3)15-27(36)31(26,4)29(2)11-10-22(35)14-24(19)29/h6-11,14,19,21,25-27,34,36H,12-13,15-18H2,1-5H3/t19-,21-,25-,26-,27-,29-,30-,31+,32-/m0/s1. The first-order chi connectivity index (χ1) is 18.4. The van der Waals surface area contributed by atoms with Gasteiger partial charge in [-0.2, -0.15) is 5.06 Å². The Kier molecular flexibility index (Phi) is 6.09. The van der Waals surface area contributed by atoms with Gasteiger partial charge in [0.2, 0.25) is 0 Å². The number of ketones is 2. The normalized spacial score (nSPS) is 44.7. The lowest BCUT2D eigenvalue weighted by molar-refractivity contribution is -0.265. The SMILES string of the molecule is COc1ccc(CN2C[C@@H]3C[C@H]4[C@@H]5C[C@H](C)C6=CC(=O)C=C[C@]6(C)[C@@]5(C)[C@@H](O)C[C@]4(C)[C@]3(C(=O)CO)O2)cc1. The third kappa shape index (κ3) is 3.36. The van der Waals surface area contributed by atoms with Crippen molar-refractivity contribution in [2.24, 2.45) is 39.9 Å². The third-order valence-electron chi connectivity index (χ3n) is 11.9. The largest absolute Gasteiger partial charge is 0.497 e. The van der Waals surface area contributed by atoms with Gasteiger partial charge in [-0.05, 0) is 66.9 Å². The number of carbonyl (C=O) groups is 2. The maximum Gasteiger partial charge on any atom is 0.192 e. The van der Waals surface area contributed by atoms with Gasteiger partial charge in [0.25, 0.3) is 0 Å². The van der Waals surface area contributed by atoms with Gasteiger partial charge in [0.05, 0.1) is 13.2 Å². The lowest BCUT2D eigenvalue weighted by Crippen LogP contribution is -2.67. The van der Waals surface area contributed by atoms with Gasteiger partial charge in [-0.1, -0.05) is 51.5 Å².